The molecule has 1 atom stereocenters. The highest BCUT2D eigenvalue weighted by molar-refractivity contribution is 5.87. The number of benzene rings is 2. The molecule has 4 aromatic rings. The first-order chi connectivity index (χ1) is 11.8. The van der Waals surface area contributed by atoms with Crippen LogP contribution in [0.25, 0.3) is 21.8 Å². The molecule has 0 fully saturated rings. The first kappa shape index (κ1) is 15.0. The van der Waals surface area contributed by atoms with E-state index in [2.05, 4.69) is 22.1 Å². The Morgan fingerprint density at radius 3 is 2.33 bits per heavy atom. The zero-order chi connectivity index (χ0) is 16.5. The zero-order valence-corrected chi connectivity index (χ0v) is 13.3. The van der Waals surface area contributed by atoms with Crippen LogP contribution in [-0.2, 0) is 6.42 Å². The van der Waals surface area contributed by atoms with E-state index in [1.807, 2.05) is 42.6 Å². The predicted molar refractivity (Wildman–Crippen MR) is 96.3 cm³/mol. The maximum absolute atomic E-state index is 10.1. The van der Waals surface area contributed by atoms with Crippen LogP contribution in [0.5, 0.6) is 0 Å². The molecular formula is C20H20N2O2. The van der Waals surface area contributed by atoms with Crippen molar-refractivity contribution in [1.29, 1.82) is 0 Å². The number of aliphatic hydroxyl groups is 2. The summed E-state index contributed by atoms with van der Waals surface area (Å²) in [6.45, 7) is 0.0912. The number of aromatic amines is 2. The molecular weight excluding hydrogens is 300 g/mol. The second-order valence-electron chi connectivity index (χ2n) is 6.06. The lowest BCUT2D eigenvalue weighted by Gasteiger charge is -2.15. The fourth-order valence-corrected chi connectivity index (χ4v) is 3.63. The lowest BCUT2D eigenvalue weighted by molar-refractivity contribution is 0.277. The molecule has 0 unspecified atom stereocenters. The summed E-state index contributed by atoms with van der Waals surface area (Å²) >= 11 is 0. The quantitative estimate of drug-likeness (QED) is 0.455. The van der Waals surface area contributed by atoms with Gasteiger partial charge in [0.05, 0.1) is 6.61 Å². The van der Waals surface area contributed by atoms with Crippen molar-refractivity contribution < 1.29 is 10.2 Å². The third-order valence-electron chi connectivity index (χ3n) is 4.74. The predicted octanol–water partition coefficient (Wildman–Crippen LogP) is 3.31. The average molecular weight is 320 g/mol. The van der Waals surface area contributed by atoms with Gasteiger partial charge in [0.15, 0.2) is 0 Å². The normalized spacial score (nSPS) is 12.9. The molecule has 0 aliphatic carbocycles. The summed E-state index contributed by atoms with van der Waals surface area (Å²) in [7, 11) is 0. The minimum Gasteiger partial charge on any atom is -0.396 e. The van der Waals surface area contributed by atoms with Gasteiger partial charge in [-0.3, -0.25) is 0 Å². The van der Waals surface area contributed by atoms with Crippen LogP contribution in [0.4, 0.5) is 0 Å². The molecule has 0 saturated heterocycles. The first-order valence-corrected chi connectivity index (χ1v) is 8.20. The van der Waals surface area contributed by atoms with Crippen molar-refractivity contribution in [3.63, 3.8) is 0 Å². The highest BCUT2D eigenvalue weighted by atomic mass is 16.3. The molecule has 2 heterocycles. The van der Waals surface area contributed by atoms with Crippen molar-refractivity contribution in [2.75, 3.05) is 13.2 Å². The lowest BCUT2D eigenvalue weighted by Crippen LogP contribution is -2.09. The summed E-state index contributed by atoms with van der Waals surface area (Å²) in [5.41, 5.74) is 5.23. The molecule has 2 aromatic heterocycles. The van der Waals surface area contributed by atoms with E-state index in [1.54, 1.807) is 0 Å². The van der Waals surface area contributed by atoms with Gasteiger partial charge in [-0.25, -0.2) is 0 Å². The molecule has 2 aromatic carbocycles. The van der Waals surface area contributed by atoms with Crippen molar-refractivity contribution in [3.8, 4) is 0 Å². The SMILES string of the molecule is OCCc1c([C@@H](CO)c2c[nH]c3ccccc23)[nH]c2ccccc12. The van der Waals surface area contributed by atoms with Crippen LogP contribution in [0.15, 0.2) is 54.7 Å². The van der Waals surface area contributed by atoms with Crippen molar-refractivity contribution in [3.05, 3.63) is 71.5 Å². The number of fused-ring (bicyclic) bond motifs is 2. The molecule has 4 nitrogen and oxygen atoms in total. The summed E-state index contributed by atoms with van der Waals surface area (Å²) < 4.78 is 0. The molecule has 0 bridgehead atoms. The number of nitrogens with one attached hydrogen (secondary N) is 2. The van der Waals surface area contributed by atoms with E-state index in [4.69, 9.17) is 0 Å². The summed E-state index contributed by atoms with van der Waals surface area (Å²) in [5.74, 6) is -0.157. The number of hydrogen-bond acceptors (Lipinski definition) is 2. The van der Waals surface area contributed by atoms with E-state index in [0.29, 0.717) is 6.42 Å². The zero-order valence-electron chi connectivity index (χ0n) is 13.3. The number of hydrogen-bond donors (Lipinski definition) is 4. The average Bonchev–Trinajstić information content (AvgIpc) is 3.19. The third-order valence-corrected chi connectivity index (χ3v) is 4.74. The van der Waals surface area contributed by atoms with Gasteiger partial charge < -0.3 is 20.2 Å². The summed E-state index contributed by atoms with van der Waals surface area (Å²) in [6.07, 6.45) is 2.54. The molecule has 0 saturated carbocycles. The van der Waals surface area contributed by atoms with Gasteiger partial charge in [-0.1, -0.05) is 36.4 Å². The van der Waals surface area contributed by atoms with E-state index in [1.165, 1.54) is 0 Å². The number of H-pyrrole nitrogens is 2. The molecule has 0 radical (unpaired) electrons. The highest BCUT2D eigenvalue weighted by Gasteiger charge is 2.23. The number of aromatic nitrogens is 2. The van der Waals surface area contributed by atoms with E-state index in [0.717, 1.165) is 38.6 Å². The van der Waals surface area contributed by atoms with E-state index in [9.17, 15) is 10.2 Å². The molecule has 0 spiro atoms. The van der Waals surface area contributed by atoms with Gasteiger partial charge in [0, 0.05) is 46.2 Å². The Hall–Kier alpha value is -2.56. The highest BCUT2D eigenvalue weighted by Crippen LogP contribution is 2.35. The first-order valence-electron chi connectivity index (χ1n) is 8.20. The maximum Gasteiger partial charge on any atom is 0.0555 e. The minimum atomic E-state index is -0.157. The third kappa shape index (κ3) is 2.31. The van der Waals surface area contributed by atoms with Gasteiger partial charge in [-0.15, -0.1) is 0 Å². The largest absolute Gasteiger partial charge is 0.396 e. The molecule has 0 amide bonds. The second-order valence-corrected chi connectivity index (χ2v) is 6.06. The van der Waals surface area contributed by atoms with Crippen molar-refractivity contribution in [2.45, 2.75) is 12.3 Å². The van der Waals surface area contributed by atoms with Crippen LogP contribution in [0.2, 0.25) is 0 Å². The fraction of sp³-hybridized carbons (Fsp3) is 0.200. The number of aliphatic hydroxyl groups excluding tert-OH is 2. The van der Waals surface area contributed by atoms with Gasteiger partial charge >= 0.3 is 0 Å². The molecule has 4 N–H and O–H groups in total. The standard InChI is InChI=1S/C20H20N2O2/c23-10-9-15-13-5-2-4-8-19(13)22-20(15)17(12-24)16-11-21-18-7-3-1-6-14(16)18/h1-8,11,17,21-24H,9-10,12H2/t17-/m0/s1. The topological polar surface area (TPSA) is 72.0 Å². The number of para-hydroxylation sites is 2. The van der Waals surface area contributed by atoms with Crippen molar-refractivity contribution >= 4 is 21.8 Å². The van der Waals surface area contributed by atoms with Crippen LogP contribution in [0.1, 0.15) is 22.7 Å². The summed E-state index contributed by atoms with van der Waals surface area (Å²) in [5, 5.41) is 21.9. The van der Waals surface area contributed by atoms with E-state index >= 15 is 0 Å². The monoisotopic (exact) mass is 320 g/mol. The Morgan fingerprint density at radius 2 is 1.58 bits per heavy atom. The van der Waals surface area contributed by atoms with Gasteiger partial charge in [0.1, 0.15) is 0 Å². The van der Waals surface area contributed by atoms with Gasteiger partial charge in [0.25, 0.3) is 0 Å². The van der Waals surface area contributed by atoms with Crippen molar-refractivity contribution in [1.82, 2.24) is 9.97 Å². The fourth-order valence-electron chi connectivity index (χ4n) is 3.63. The molecule has 4 heteroatoms. The van der Waals surface area contributed by atoms with Gasteiger partial charge in [0.2, 0.25) is 0 Å². The molecule has 122 valence electrons. The Bertz CT molecular complexity index is 984. The smallest absolute Gasteiger partial charge is 0.0555 e. The summed E-state index contributed by atoms with van der Waals surface area (Å²) in [4.78, 5) is 6.75. The molecule has 4 rings (SSSR count). The van der Waals surface area contributed by atoms with Crippen LogP contribution in [0.3, 0.4) is 0 Å². The molecule has 24 heavy (non-hydrogen) atoms. The number of rotatable bonds is 5. The summed E-state index contributed by atoms with van der Waals surface area (Å²) in [6, 6.07) is 16.2. The van der Waals surface area contributed by atoms with Crippen molar-refractivity contribution in [2.24, 2.45) is 0 Å². The van der Waals surface area contributed by atoms with Gasteiger partial charge in [-0.05, 0) is 29.7 Å². The Morgan fingerprint density at radius 1 is 0.875 bits per heavy atom. The Balaban J connectivity index is 1.92. The van der Waals surface area contributed by atoms with Crippen LogP contribution < -0.4 is 0 Å². The van der Waals surface area contributed by atoms with Crippen LogP contribution >= 0.6 is 0 Å². The minimum absolute atomic E-state index is 0.00704. The van der Waals surface area contributed by atoms with Crippen LogP contribution in [0, 0.1) is 0 Å². The lowest BCUT2D eigenvalue weighted by atomic mass is 9.92. The Kier molecular flexibility index (Phi) is 3.84. The Labute approximate surface area is 139 Å². The van der Waals surface area contributed by atoms with E-state index < -0.39 is 0 Å². The van der Waals surface area contributed by atoms with Gasteiger partial charge in [-0.2, -0.15) is 0 Å². The second kappa shape index (κ2) is 6.15. The van der Waals surface area contributed by atoms with E-state index in [-0.39, 0.29) is 19.1 Å². The molecule has 0 aliphatic rings. The van der Waals surface area contributed by atoms with Crippen LogP contribution in [-0.4, -0.2) is 33.4 Å². The molecule has 0 aliphatic heterocycles. The maximum atomic E-state index is 10.1.